The van der Waals surface area contributed by atoms with E-state index in [0.29, 0.717) is 11.3 Å². The second-order valence-corrected chi connectivity index (χ2v) is 6.41. The Morgan fingerprint density at radius 2 is 2.00 bits per heavy atom. The maximum absolute atomic E-state index is 12.2. The van der Waals surface area contributed by atoms with E-state index in [4.69, 9.17) is 14.3 Å². The lowest BCUT2D eigenvalue weighted by atomic mass is 9.91. The molecule has 1 aliphatic carbocycles. The van der Waals surface area contributed by atoms with Crippen molar-refractivity contribution in [1.82, 2.24) is 5.32 Å². The Bertz CT molecular complexity index is 901. The minimum Gasteiger partial charge on any atom is -0.481 e. The minimum atomic E-state index is -0.980. The first-order chi connectivity index (χ1) is 12.5. The van der Waals surface area contributed by atoms with E-state index in [2.05, 4.69) is 5.32 Å². The lowest BCUT2D eigenvalue weighted by Crippen LogP contribution is -2.37. The Kier molecular flexibility index (Phi) is 5.25. The number of fused-ring (bicyclic) bond motifs is 3. The van der Waals surface area contributed by atoms with Crippen molar-refractivity contribution in [2.45, 2.75) is 45.1 Å². The van der Waals surface area contributed by atoms with Crippen LogP contribution in [0.15, 0.2) is 27.4 Å². The van der Waals surface area contributed by atoms with Crippen LogP contribution in [0, 0.1) is 0 Å². The third-order valence-corrected chi connectivity index (χ3v) is 4.52. The van der Waals surface area contributed by atoms with E-state index < -0.39 is 18.0 Å². The number of ether oxygens (including phenoxy) is 1. The molecule has 1 atom stereocenters. The van der Waals surface area contributed by atoms with Gasteiger partial charge in [0.15, 0.2) is 6.10 Å². The van der Waals surface area contributed by atoms with Crippen LogP contribution in [0.4, 0.5) is 0 Å². The lowest BCUT2D eigenvalue weighted by Gasteiger charge is -2.17. The number of benzene rings is 1. The van der Waals surface area contributed by atoms with E-state index in [9.17, 15) is 14.4 Å². The third kappa shape index (κ3) is 3.87. The van der Waals surface area contributed by atoms with Crippen LogP contribution in [0.1, 0.15) is 37.3 Å². The zero-order chi connectivity index (χ0) is 18.7. The summed E-state index contributed by atoms with van der Waals surface area (Å²) in [5, 5.41) is 12.0. The average molecular weight is 359 g/mol. The van der Waals surface area contributed by atoms with Gasteiger partial charge in [-0.2, -0.15) is 0 Å². The van der Waals surface area contributed by atoms with Gasteiger partial charge in [0.25, 0.3) is 5.91 Å². The second kappa shape index (κ2) is 7.59. The van der Waals surface area contributed by atoms with Crippen LogP contribution in [-0.2, 0) is 22.4 Å². The highest BCUT2D eigenvalue weighted by Crippen LogP contribution is 2.29. The van der Waals surface area contributed by atoms with Crippen molar-refractivity contribution in [2.24, 2.45) is 0 Å². The summed E-state index contributed by atoms with van der Waals surface area (Å²) in [4.78, 5) is 34.6. The number of nitrogens with one attached hydrogen (secondary N) is 1. The molecule has 1 aliphatic rings. The van der Waals surface area contributed by atoms with E-state index in [1.54, 1.807) is 19.1 Å². The number of carbonyl (C=O) groups is 2. The molecule has 2 N–H and O–H groups in total. The molecule has 3 rings (SSSR count). The molecular weight excluding hydrogens is 338 g/mol. The van der Waals surface area contributed by atoms with Crippen molar-refractivity contribution in [3.63, 3.8) is 0 Å². The number of aliphatic carboxylic acids is 1. The summed E-state index contributed by atoms with van der Waals surface area (Å²) in [5.41, 5.74) is 1.97. The number of carboxylic acid groups (broad SMARTS) is 1. The Morgan fingerprint density at radius 3 is 2.73 bits per heavy atom. The zero-order valence-electron chi connectivity index (χ0n) is 14.5. The average Bonchev–Trinajstić information content (AvgIpc) is 2.61. The molecule has 0 bridgehead atoms. The summed E-state index contributed by atoms with van der Waals surface area (Å²) >= 11 is 0. The quantitative estimate of drug-likeness (QED) is 0.765. The largest absolute Gasteiger partial charge is 0.481 e. The van der Waals surface area contributed by atoms with Crippen molar-refractivity contribution in [2.75, 3.05) is 6.54 Å². The predicted octanol–water partition coefficient (Wildman–Crippen LogP) is 2.03. The Labute approximate surface area is 150 Å². The highest BCUT2D eigenvalue weighted by molar-refractivity contribution is 5.84. The van der Waals surface area contributed by atoms with E-state index in [-0.39, 0.29) is 18.6 Å². The van der Waals surface area contributed by atoms with Gasteiger partial charge < -0.3 is 19.6 Å². The van der Waals surface area contributed by atoms with Crippen LogP contribution in [0.25, 0.3) is 11.0 Å². The molecule has 0 saturated heterocycles. The minimum absolute atomic E-state index is 0.0423. The van der Waals surface area contributed by atoms with Crippen molar-refractivity contribution < 1.29 is 23.8 Å². The summed E-state index contributed by atoms with van der Waals surface area (Å²) in [7, 11) is 0. The fourth-order valence-corrected chi connectivity index (χ4v) is 3.19. The number of aryl methyl sites for hydroxylation is 1. The topological polar surface area (TPSA) is 106 Å². The number of amides is 1. The van der Waals surface area contributed by atoms with Crippen molar-refractivity contribution in [3.05, 3.63) is 39.7 Å². The van der Waals surface area contributed by atoms with Crippen LogP contribution in [-0.4, -0.2) is 29.6 Å². The summed E-state index contributed by atoms with van der Waals surface area (Å²) < 4.78 is 11.0. The van der Waals surface area contributed by atoms with Gasteiger partial charge in [-0.1, -0.05) is 0 Å². The molecule has 1 aromatic carbocycles. The van der Waals surface area contributed by atoms with Gasteiger partial charge in [-0.25, -0.2) is 4.79 Å². The zero-order valence-corrected chi connectivity index (χ0v) is 14.5. The first-order valence-electron chi connectivity index (χ1n) is 8.70. The molecule has 1 unspecified atom stereocenters. The van der Waals surface area contributed by atoms with Crippen molar-refractivity contribution in [3.8, 4) is 5.75 Å². The van der Waals surface area contributed by atoms with Gasteiger partial charge in [-0.15, -0.1) is 0 Å². The number of carboxylic acids is 1. The molecule has 7 heteroatoms. The van der Waals surface area contributed by atoms with Gasteiger partial charge in [0.2, 0.25) is 0 Å². The molecular formula is C19H21NO6. The first kappa shape index (κ1) is 18.0. The Morgan fingerprint density at radius 1 is 1.27 bits per heavy atom. The summed E-state index contributed by atoms with van der Waals surface area (Å²) in [6.07, 6.45) is 2.71. The monoisotopic (exact) mass is 359 g/mol. The molecule has 2 aromatic rings. The van der Waals surface area contributed by atoms with E-state index >= 15 is 0 Å². The molecule has 0 radical (unpaired) electrons. The van der Waals surface area contributed by atoms with Crippen molar-refractivity contribution >= 4 is 22.8 Å². The molecule has 0 aliphatic heterocycles. The predicted molar refractivity (Wildman–Crippen MR) is 94.5 cm³/mol. The standard InChI is InChI=1S/C19H21NO6/c1-11(18(23)20-9-8-17(21)22)25-12-6-7-14-13-4-2-3-5-15(13)19(24)26-16(14)10-12/h6-7,10-11H,2-5,8-9H2,1H3,(H,20,23)(H,21,22). The maximum atomic E-state index is 12.2. The Hall–Kier alpha value is -2.83. The van der Waals surface area contributed by atoms with Crippen molar-refractivity contribution in [1.29, 1.82) is 0 Å². The van der Waals surface area contributed by atoms with E-state index in [1.807, 2.05) is 6.07 Å². The summed E-state index contributed by atoms with van der Waals surface area (Å²) in [5.74, 6) is -0.970. The normalized spacial score (nSPS) is 14.5. The van der Waals surface area contributed by atoms with Gasteiger partial charge in [0, 0.05) is 23.6 Å². The molecule has 1 heterocycles. The Balaban J connectivity index is 1.76. The smallest absolute Gasteiger partial charge is 0.339 e. The third-order valence-electron chi connectivity index (χ3n) is 4.52. The van der Waals surface area contributed by atoms with Gasteiger partial charge in [-0.3, -0.25) is 9.59 Å². The molecule has 0 fully saturated rings. The molecule has 1 amide bonds. The van der Waals surface area contributed by atoms with E-state index in [1.165, 1.54) is 0 Å². The van der Waals surface area contributed by atoms with Gasteiger partial charge in [0.05, 0.1) is 6.42 Å². The number of carbonyl (C=O) groups excluding carboxylic acids is 1. The van der Waals surface area contributed by atoms with Crippen LogP contribution >= 0.6 is 0 Å². The molecule has 138 valence electrons. The van der Waals surface area contributed by atoms with Gasteiger partial charge >= 0.3 is 11.6 Å². The first-order valence-corrected chi connectivity index (χ1v) is 8.70. The van der Waals surface area contributed by atoms with Gasteiger partial charge in [0.1, 0.15) is 11.3 Å². The maximum Gasteiger partial charge on any atom is 0.339 e. The molecule has 0 saturated carbocycles. The molecule has 0 spiro atoms. The highest BCUT2D eigenvalue weighted by atomic mass is 16.5. The molecule has 26 heavy (non-hydrogen) atoms. The SMILES string of the molecule is CC(Oc1ccc2c3c(c(=O)oc2c1)CCCC3)C(=O)NCCC(=O)O. The fraction of sp³-hybridized carbons (Fsp3) is 0.421. The molecule has 7 nitrogen and oxygen atoms in total. The van der Waals surface area contributed by atoms with Gasteiger partial charge in [-0.05, 0) is 50.3 Å². The van der Waals surface area contributed by atoms with Crippen LogP contribution in [0.5, 0.6) is 5.75 Å². The number of hydrogen-bond acceptors (Lipinski definition) is 5. The summed E-state index contributed by atoms with van der Waals surface area (Å²) in [6.45, 7) is 1.62. The number of hydrogen-bond donors (Lipinski definition) is 2. The van der Waals surface area contributed by atoms with Crippen LogP contribution < -0.4 is 15.7 Å². The van der Waals surface area contributed by atoms with Crippen LogP contribution in [0.3, 0.4) is 0 Å². The fourth-order valence-electron chi connectivity index (χ4n) is 3.19. The highest BCUT2D eigenvalue weighted by Gasteiger charge is 2.19. The van der Waals surface area contributed by atoms with Crippen LogP contribution in [0.2, 0.25) is 0 Å². The van der Waals surface area contributed by atoms with E-state index in [0.717, 1.165) is 42.2 Å². The summed E-state index contributed by atoms with van der Waals surface area (Å²) in [6, 6.07) is 5.22. The molecule has 1 aromatic heterocycles. The number of rotatable bonds is 6. The lowest BCUT2D eigenvalue weighted by molar-refractivity contribution is -0.137. The second-order valence-electron chi connectivity index (χ2n) is 6.41.